The number of benzene rings is 7. The molecule has 7 aromatic carbocycles. The van der Waals surface area contributed by atoms with Crippen molar-refractivity contribution in [2.75, 3.05) is 0 Å². The summed E-state index contributed by atoms with van der Waals surface area (Å²) in [6.07, 6.45) is 0. The summed E-state index contributed by atoms with van der Waals surface area (Å²) >= 11 is 0. The third-order valence-electron chi connectivity index (χ3n) is 9.41. The van der Waals surface area contributed by atoms with E-state index in [1.165, 1.54) is 10.8 Å². The van der Waals surface area contributed by atoms with E-state index < -0.39 is 0 Å². The van der Waals surface area contributed by atoms with Gasteiger partial charge >= 0.3 is 0 Å². The van der Waals surface area contributed by atoms with Crippen LogP contribution in [0.25, 0.3) is 77.2 Å². The van der Waals surface area contributed by atoms with Gasteiger partial charge in [0.25, 0.3) is 0 Å². The average Bonchev–Trinajstić information content (AvgIpc) is 3.67. The molecule has 0 aliphatic heterocycles. The molecule has 48 heavy (non-hydrogen) atoms. The van der Waals surface area contributed by atoms with Crippen LogP contribution in [0, 0.1) is 22.7 Å². The van der Waals surface area contributed by atoms with Crippen molar-refractivity contribution in [3.63, 3.8) is 0 Å². The zero-order valence-corrected chi connectivity index (χ0v) is 25.8. The zero-order valence-electron chi connectivity index (χ0n) is 25.8. The number of hydrogen-bond donors (Lipinski definition) is 0. The Morgan fingerprint density at radius 1 is 0.375 bits per heavy atom. The molecule has 2 aromatic heterocycles. The summed E-state index contributed by atoms with van der Waals surface area (Å²) in [5, 5.41) is 25.5. The first kappa shape index (κ1) is 27.4. The molecule has 0 saturated carbocycles. The quantitative estimate of drug-likeness (QED) is 0.199. The van der Waals surface area contributed by atoms with Gasteiger partial charge in [-0.2, -0.15) is 10.5 Å². The van der Waals surface area contributed by atoms with E-state index in [0.29, 0.717) is 16.8 Å². The van der Waals surface area contributed by atoms with Gasteiger partial charge in [0.15, 0.2) is 0 Å². The second kappa shape index (κ2) is 10.9. The third kappa shape index (κ3) is 4.07. The number of nitriles is 2. The molecule has 2 heterocycles. The normalized spacial score (nSPS) is 11.3. The molecule has 4 nitrogen and oxygen atoms in total. The van der Waals surface area contributed by atoms with E-state index in [1.54, 1.807) is 0 Å². The fourth-order valence-electron chi connectivity index (χ4n) is 7.32. The van der Waals surface area contributed by atoms with E-state index in [0.717, 1.165) is 60.8 Å². The van der Waals surface area contributed by atoms with E-state index in [1.807, 2.05) is 36.4 Å². The number of para-hydroxylation sites is 5. The summed E-state index contributed by atoms with van der Waals surface area (Å²) < 4.78 is 4.46. The maximum Gasteiger partial charge on any atom is 0.102 e. The number of aromatic nitrogens is 2. The molecule has 0 bridgehead atoms. The standard InChI is InChI=1S/C44H26N4/c45-27-29-25-37(38(28-46)44(26-29)48-42-19-9-4-14-35(42)36-15-5-10-20-43(36)48)31-23-21-30(22-24-31)32-11-1-6-16-39(32)47-40-17-7-2-12-33(40)34-13-3-8-18-41(34)47/h1-26H. The van der Waals surface area contributed by atoms with Crippen LogP contribution in [0.3, 0.4) is 0 Å². The van der Waals surface area contributed by atoms with Crippen molar-refractivity contribution in [1.82, 2.24) is 9.13 Å². The second-order valence-corrected chi connectivity index (χ2v) is 12.0. The van der Waals surface area contributed by atoms with E-state index in [-0.39, 0.29) is 0 Å². The maximum atomic E-state index is 10.7. The predicted molar refractivity (Wildman–Crippen MR) is 195 cm³/mol. The molecule has 222 valence electrons. The Hall–Kier alpha value is -6.88. The summed E-state index contributed by atoms with van der Waals surface area (Å²) in [5.41, 5.74) is 10.9. The van der Waals surface area contributed by atoms with Gasteiger partial charge in [-0.25, -0.2) is 0 Å². The molecule has 0 atom stereocenters. The van der Waals surface area contributed by atoms with Crippen LogP contribution >= 0.6 is 0 Å². The van der Waals surface area contributed by atoms with Gasteiger partial charge in [0.1, 0.15) is 6.07 Å². The molecule has 4 heteroatoms. The molecule has 9 aromatic rings. The van der Waals surface area contributed by atoms with Gasteiger partial charge in [-0.3, -0.25) is 0 Å². The number of rotatable bonds is 4. The highest BCUT2D eigenvalue weighted by Crippen LogP contribution is 2.39. The minimum absolute atomic E-state index is 0.502. The monoisotopic (exact) mass is 610 g/mol. The smallest absolute Gasteiger partial charge is 0.102 e. The fraction of sp³-hybridized carbons (Fsp3) is 0. The van der Waals surface area contributed by atoms with Gasteiger partial charge in [0, 0.05) is 32.7 Å². The lowest BCUT2D eigenvalue weighted by Gasteiger charge is -2.16. The Kier molecular flexibility index (Phi) is 6.22. The van der Waals surface area contributed by atoms with Crippen LogP contribution in [0.2, 0.25) is 0 Å². The Balaban J connectivity index is 1.21. The van der Waals surface area contributed by atoms with Crippen molar-refractivity contribution < 1.29 is 0 Å². The zero-order chi connectivity index (χ0) is 32.2. The molecule has 0 aliphatic carbocycles. The van der Waals surface area contributed by atoms with Gasteiger partial charge < -0.3 is 9.13 Å². The van der Waals surface area contributed by atoms with Crippen LogP contribution in [0.15, 0.2) is 158 Å². The number of nitrogens with zero attached hydrogens (tertiary/aromatic N) is 4. The van der Waals surface area contributed by atoms with E-state index >= 15 is 0 Å². The van der Waals surface area contributed by atoms with Gasteiger partial charge in [-0.15, -0.1) is 0 Å². The SMILES string of the molecule is N#Cc1cc(-c2ccc(-c3ccccc3-n3c4ccccc4c4ccccc43)cc2)c(C#N)c(-n2c3ccccc3c3ccccc32)c1. The molecule has 0 saturated heterocycles. The first-order valence-corrected chi connectivity index (χ1v) is 15.9. The average molecular weight is 611 g/mol. The lowest BCUT2D eigenvalue weighted by molar-refractivity contribution is 1.16. The van der Waals surface area contributed by atoms with Crippen molar-refractivity contribution in [2.45, 2.75) is 0 Å². The van der Waals surface area contributed by atoms with Crippen molar-refractivity contribution in [3.8, 4) is 45.8 Å². The highest BCUT2D eigenvalue weighted by molar-refractivity contribution is 6.10. The number of fused-ring (bicyclic) bond motifs is 6. The topological polar surface area (TPSA) is 57.4 Å². The summed E-state index contributed by atoms with van der Waals surface area (Å²) in [6, 6.07) is 58.8. The maximum absolute atomic E-state index is 10.7. The first-order valence-electron chi connectivity index (χ1n) is 15.9. The minimum atomic E-state index is 0.502. The molecular weight excluding hydrogens is 585 g/mol. The third-order valence-corrected chi connectivity index (χ3v) is 9.41. The molecule has 0 fully saturated rings. The van der Waals surface area contributed by atoms with Gasteiger partial charge in [0.2, 0.25) is 0 Å². The molecule has 9 rings (SSSR count). The molecule has 0 N–H and O–H groups in total. The van der Waals surface area contributed by atoms with Crippen LogP contribution in [0.1, 0.15) is 11.1 Å². The lowest BCUT2D eigenvalue weighted by Crippen LogP contribution is -2.01. The second-order valence-electron chi connectivity index (χ2n) is 12.0. The lowest BCUT2D eigenvalue weighted by atomic mass is 9.94. The van der Waals surface area contributed by atoms with Crippen molar-refractivity contribution in [3.05, 3.63) is 169 Å². The molecular formula is C44H26N4. The van der Waals surface area contributed by atoms with Crippen LogP contribution in [0.4, 0.5) is 0 Å². The van der Waals surface area contributed by atoms with E-state index in [2.05, 4.69) is 143 Å². The summed E-state index contributed by atoms with van der Waals surface area (Å²) in [5.74, 6) is 0. The fourth-order valence-corrected chi connectivity index (χ4v) is 7.32. The summed E-state index contributed by atoms with van der Waals surface area (Å²) in [7, 11) is 0. The Bertz CT molecular complexity index is 2690. The largest absolute Gasteiger partial charge is 0.309 e. The Labute approximate surface area is 277 Å². The highest BCUT2D eigenvalue weighted by Gasteiger charge is 2.20. The van der Waals surface area contributed by atoms with Gasteiger partial charge in [0.05, 0.1) is 50.6 Å². The molecule has 0 spiro atoms. The Morgan fingerprint density at radius 2 is 0.792 bits per heavy atom. The van der Waals surface area contributed by atoms with Gasteiger partial charge in [-0.05, 0) is 53.6 Å². The van der Waals surface area contributed by atoms with Crippen molar-refractivity contribution >= 4 is 43.6 Å². The minimum Gasteiger partial charge on any atom is -0.309 e. The van der Waals surface area contributed by atoms with Crippen molar-refractivity contribution in [2.24, 2.45) is 0 Å². The highest BCUT2D eigenvalue weighted by atomic mass is 15.0. The predicted octanol–water partition coefficient (Wildman–Crippen LogP) is 11.0. The first-order chi connectivity index (χ1) is 23.7. The Morgan fingerprint density at radius 3 is 1.27 bits per heavy atom. The van der Waals surface area contributed by atoms with Gasteiger partial charge in [-0.1, -0.05) is 115 Å². The van der Waals surface area contributed by atoms with Crippen LogP contribution in [-0.2, 0) is 0 Å². The molecule has 0 radical (unpaired) electrons. The number of hydrogen-bond acceptors (Lipinski definition) is 2. The van der Waals surface area contributed by atoms with Crippen LogP contribution < -0.4 is 0 Å². The molecule has 0 unspecified atom stereocenters. The van der Waals surface area contributed by atoms with Crippen LogP contribution in [0.5, 0.6) is 0 Å². The van der Waals surface area contributed by atoms with E-state index in [9.17, 15) is 10.5 Å². The molecule has 0 aliphatic rings. The molecule has 0 amide bonds. The van der Waals surface area contributed by atoms with Crippen molar-refractivity contribution in [1.29, 1.82) is 10.5 Å². The van der Waals surface area contributed by atoms with E-state index in [4.69, 9.17) is 0 Å². The summed E-state index contributed by atoms with van der Waals surface area (Å²) in [4.78, 5) is 0. The summed E-state index contributed by atoms with van der Waals surface area (Å²) in [6.45, 7) is 0. The van der Waals surface area contributed by atoms with Crippen LogP contribution in [-0.4, -0.2) is 9.13 Å².